The molecule has 2 saturated heterocycles. The summed E-state index contributed by atoms with van der Waals surface area (Å²) < 4.78 is 0. The van der Waals surface area contributed by atoms with Crippen molar-refractivity contribution >= 4 is 5.91 Å². The quantitative estimate of drug-likeness (QED) is 0.625. The van der Waals surface area contributed by atoms with E-state index in [9.17, 15) is 4.79 Å². The Morgan fingerprint density at radius 1 is 0.800 bits per heavy atom. The molecule has 0 aromatic rings. The van der Waals surface area contributed by atoms with E-state index in [2.05, 4.69) is 47.3 Å². The fourth-order valence-electron chi connectivity index (χ4n) is 3.84. The molecule has 2 rings (SSSR count). The van der Waals surface area contributed by atoms with Gasteiger partial charge in [-0.3, -0.25) is 14.6 Å². The highest BCUT2D eigenvalue weighted by Gasteiger charge is 2.25. The SMILES string of the molecule is CC(C)CCCCN1CCN(CC(=O)N2CCN(C(C)C)CC2)CC1. The summed E-state index contributed by atoms with van der Waals surface area (Å²) in [5.74, 6) is 1.15. The molecule has 2 heterocycles. The average molecular weight is 353 g/mol. The topological polar surface area (TPSA) is 30.0 Å². The lowest BCUT2D eigenvalue weighted by molar-refractivity contribution is -0.134. The van der Waals surface area contributed by atoms with Gasteiger partial charge in [-0.25, -0.2) is 0 Å². The van der Waals surface area contributed by atoms with Gasteiger partial charge >= 0.3 is 0 Å². The average Bonchev–Trinajstić information content (AvgIpc) is 2.60. The van der Waals surface area contributed by atoms with E-state index in [0.29, 0.717) is 18.5 Å². The van der Waals surface area contributed by atoms with Crippen LogP contribution in [0.3, 0.4) is 0 Å². The number of piperazine rings is 2. The van der Waals surface area contributed by atoms with Crippen molar-refractivity contribution in [1.29, 1.82) is 0 Å². The van der Waals surface area contributed by atoms with Crippen LogP contribution in [0.25, 0.3) is 0 Å². The molecule has 2 fully saturated rings. The number of hydrogen-bond acceptors (Lipinski definition) is 4. The maximum atomic E-state index is 12.6. The van der Waals surface area contributed by atoms with Crippen LogP contribution in [-0.4, -0.2) is 97.0 Å². The predicted octanol–water partition coefficient (Wildman–Crippen LogP) is 1.98. The molecule has 0 aromatic carbocycles. The van der Waals surface area contributed by atoms with Crippen LogP contribution in [0.5, 0.6) is 0 Å². The lowest BCUT2D eigenvalue weighted by atomic mass is 10.1. The van der Waals surface area contributed by atoms with Crippen molar-refractivity contribution in [3.05, 3.63) is 0 Å². The molecule has 0 unspecified atom stereocenters. The number of rotatable bonds is 8. The third-order valence-electron chi connectivity index (χ3n) is 5.73. The van der Waals surface area contributed by atoms with Crippen molar-refractivity contribution in [2.45, 2.75) is 53.0 Å². The first-order chi connectivity index (χ1) is 12.0. The van der Waals surface area contributed by atoms with E-state index < -0.39 is 0 Å². The highest BCUT2D eigenvalue weighted by molar-refractivity contribution is 5.78. The van der Waals surface area contributed by atoms with Gasteiger partial charge in [0.1, 0.15) is 0 Å². The van der Waals surface area contributed by atoms with Gasteiger partial charge in [-0.15, -0.1) is 0 Å². The zero-order valence-corrected chi connectivity index (χ0v) is 17.0. The molecule has 25 heavy (non-hydrogen) atoms. The molecule has 0 atom stereocenters. The Morgan fingerprint density at radius 2 is 1.40 bits per heavy atom. The second kappa shape index (κ2) is 10.5. The van der Waals surface area contributed by atoms with Gasteiger partial charge < -0.3 is 9.80 Å². The Balaban J connectivity index is 1.59. The van der Waals surface area contributed by atoms with E-state index >= 15 is 0 Å². The third-order valence-corrected chi connectivity index (χ3v) is 5.73. The number of unbranched alkanes of at least 4 members (excludes halogenated alkanes) is 1. The number of amides is 1. The highest BCUT2D eigenvalue weighted by atomic mass is 16.2. The van der Waals surface area contributed by atoms with Gasteiger partial charge in [0.15, 0.2) is 0 Å². The summed E-state index contributed by atoms with van der Waals surface area (Å²) in [6.45, 7) is 19.1. The van der Waals surface area contributed by atoms with Crippen LogP contribution in [0.4, 0.5) is 0 Å². The van der Waals surface area contributed by atoms with Gasteiger partial charge in [0.2, 0.25) is 5.91 Å². The zero-order chi connectivity index (χ0) is 18.2. The molecule has 146 valence electrons. The van der Waals surface area contributed by atoms with Crippen molar-refractivity contribution in [1.82, 2.24) is 19.6 Å². The van der Waals surface area contributed by atoms with Gasteiger partial charge in [-0.1, -0.05) is 26.7 Å². The van der Waals surface area contributed by atoms with Gasteiger partial charge in [-0.05, 0) is 32.7 Å². The largest absolute Gasteiger partial charge is 0.339 e. The molecule has 0 radical (unpaired) electrons. The van der Waals surface area contributed by atoms with Crippen LogP contribution in [0.2, 0.25) is 0 Å². The Hall–Kier alpha value is -0.650. The molecular weight excluding hydrogens is 312 g/mol. The third kappa shape index (κ3) is 7.24. The van der Waals surface area contributed by atoms with E-state index in [1.54, 1.807) is 0 Å². The Morgan fingerprint density at radius 3 is 1.96 bits per heavy atom. The summed E-state index contributed by atoms with van der Waals surface area (Å²) in [6.07, 6.45) is 4.01. The molecule has 0 N–H and O–H groups in total. The second-order valence-corrected chi connectivity index (χ2v) is 8.52. The van der Waals surface area contributed by atoms with E-state index in [0.717, 1.165) is 58.3 Å². The van der Waals surface area contributed by atoms with Crippen LogP contribution in [-0.2, 0) is 4.79 Å². The summed E-state index contributed by atoms with van der Waals surface area (Å²) in [5, 5.41) is 0. The summed E-state index contributed by atoms with van der Waals surface area (Å²) in [6, 6.07) is 0.589. The van der Waals surface area contributed by atoms with Crippen molar-refractivity contribution in [2.24, 2.45) is 5.92 Å². The number of hydrogen-bond donors (Lipinski definition) is 0. The Bertz CT molecular complexity index is 383. The van der Waals surface area contributed by atoms with Crippen LogP contribution < -0.4 is 0 Å². The molecule has 1 amide bonds. The molecule has 0 spiro atoms. The first-order valence-corrected chi connectivity index (χ1v) is 10.4. The van der Waals surface area contributed by atoms with Crippen LogP contribution in [0, 0.1) is 5.92 Å². The van der Waals surface area contributed by atoms with Crippen molar-refractivity contribution < 1.29 is 4.79 Å². The monoisotopic (exact) mass is 352 g/mol. The highest BCUT2D eigenvalue weighted by Crippen LogP contribution is 2.10. The van der Waals surface area contributed by atoms with Gasteiger partial charge in [0.05, 0.1) is 6.54 Å². The minimum absolute atomic E-state index is 0.328. The van der Waals surface area contributed by atoms with Crippen molar-refractivity contribution in [2.75, 3.05) is 65.4 Å². The molecule has 0 bridgehead atoms. The van der Waals surface area contributed by atoms with Gasteiger partial charge in [-0.2, -0.15) is 0 Å². The van der Waals surface area contributed by atoms with E-state index in [-0.39, 0.29) is 0 Å². The van der Waals surface area contributed by atoms with Crippen molar-refractivity contribution in [3.8, 4) is 0 Å². The molecule has 0 aromatic heterocycles. The molecule has 0 saturated carbocycles. The number of carbonyl (C=O) groups excluding carboxylic acids is 1. The van der Waals surface area contributed by atoms with Crippen LogP contribution in [0.15, 0.2) is 0 Å². The lowest BCUT2D eigenvalue weighted by Crippen LogP contribution is -2.54. The first-order valence-electron chi connectivity index (χ1n) is 10.4. The summed E-state index contributed by atoms with van der Waals surface area (Å²) in [5.41, 5.74) is 0. The second-order valence-electron chi connectivity index (χ2n) is 8.52. The standard InChI is InChI=1S/C20H40N4O/c1-18(2)7-5-6-8-21-9-11-22(12-10-21)17-20(25)24-15-13-23(14-16-24)19(3)4/h18-19H,5-17H2,1-4H3. The fourth-order valence-corrected chi connectivity index (χ4v) is 3.84. The van der Waals surface area contributed by atoms with E-state index in [1.807, 2.05) is 0 Å². The first kappa shape index (κ1) is 20.7. The van der Waals surface area contributed by atoms with Crippen molar-refractivity contribution in [3.63, 3.8) is 0 Å². The smallest absolute Gasteiger partial charge is 0.236 e. The molecule has 2 aliphatic rings. The molecule has 2 aliphatic heterocycles. The summed E-state index contributed by atoms with van der Waals surface area (Å²) >= 11 is 0. The molecular formula is C20H40N4O. The fraction of sp³-hybridized carbons (Fsp3) is 0.950. The molecule has 0 aliphatic carbocycles. The molecule has 5 heteroatoms. The Labute approximate surface area is 155 Å². The summed E-state index contributed by atoms with van der Waals surface area (Å²) in [4.78, 5) is 22.0. The van der Waals surface area contributed by atoms with Gasteiger partial charge in [0.25, 0.3) is 0 Å². The normalized spacial score (nSPS) is 21.4. The minimum Gasteiger partial charge on any atom is -0.339 e. The lowest BCUT2D eigenvalue weighted by Gasteiger charge is -2.39. The predicted molar refractivity (Wildman–Crippen MR) is 105 cm³/mol. The maximum Gasteiger partial charge on any atom is 0.236 e. The molecule has 5 nitrogen and oxygen atoms in total. The zero-order valence-electron chi connectivity index (χ0n) is 17.0. The van der Waals surface area contributed by atoms with E-state index in [1.165, 1.54) is 25.8 Å². The van der Waals surface area contributed by atoms with E-state index in [4.69, 9.17) is 0 Å². The summed E-state index contributed by atoms with van der Waals surface area (Å²) in [7, 11) is 0. The van der Waals surface area contributed by atoms with Crippen LogP contribution >= 0.6 is 0 Å². The van der Waals surface area contributed by atoms with Crippen LogP contribution in [0.1, 0.15) is 47.0 Å². The minimum atomic E-state index is 0.328. The number of carbonyl (C=O) groups is 1. The Kier molecular flexibility index (Phi) is 8.67. The van der Waals surface area contributed by atoms with Gasteiger partial charge in [0, 0.05) is 58.4 Å². The number of nitrogens with zero attached hydrogens (tertiary/aromatic N) is 4. The maximum absolute atomic E-state index is 12.6.